The van der Waals surface area contributed by atoms with Gasteiger partial charge in [0.2, 0.25) is 0 Å². The molecule has 2 aromatic carbocycles. The Morgan fingerprint density at radius 1 is 0.625 bits per heavy atom. The molecule has 2 aromatic rings. The van der Waals surface area contributed by atoms with E-state index in [1.165, 1.54) is 39.7 Å². The fourth-order valence-electron chi connectivity index (χ4n) is 1.56. The Morgan fingerprint density at radius 3 is 1.03 bits per heavy atom. The number of hydrogen-bond donors (Lipinski definition) is 0. The number of Topliss-reactive ketones (excluding diaryl/α,β-unsaturated/α-hetero) is 4. The predicted octanol–water partition coefficient (Wildman–Crippen LogP) is 7.48. The second-order valence-electron chi connectivity index (χ2n) is 6.77. The molecule has 0 spiro atoms. The van der Waals surface area contributed by atoms with E-state index < -0.39 is 0 Å². The summed E-state index contributed by atoms with van der Waals surface area (Å²) in [4.78, 5) is 40.2. The number of carbonyl (C=O) groups is 4. The first-order chi connectivity index (χ1) is 15.0. The molecule has 0 saturated heterocycles. The highest BCUT2D eigenvalue weighted by Crippen LogP contribution is 1.97. The van der Waals surface area contributed by atoms with Crippen molar-refractivity contribution in [3.8, 4) is 0 Å². The van der Waals surface area contributed by atoms with Crippen molar-refractivity contribution in [1.82, 2.24) is 0 Å². The molecule has 0 aromatic heterocycles. The van der Waals surface area contributed by atoms with E-state index in [2.05, 4.69) is 32.9 Å². The number of carbonyl (C=O) groups excluding carboxylic acids is 4. The van der Waals surface area contributed by atoms with Gasteiger partial charge in [-0.15, -0.1) is 0 Å². The predicted molar refractivity (Wildman–Crippen MR) is 137 cm³/mol. The van der Waals surface area contributed by atoms with Gasteiger partial charge in [-0.25, -0.2) is 0 Å². The lowest BCUT2D eigenvalue weighted by Gasteiger charge is -1.89. The highest BCUT2D eigenvalue weighted by molar-refractivity contribution is 5.96. The lowest BCUT2D eigenvalue weighted by Crippen LogP contribution is -1.97. The summed E-state index contributed by atoms with van der Waals surface area (Å²) in [6.45, 7) is 17.8. The van der Waals surface area contributed by atoms with Gasteiger partial charge in [0.15, 0.2) is 5.78 Å². The van der Waals surface area contributed by atoms with Gasteiger partial charge in [0.05, 0.1) is 6.42 Å². The number of hydrogen-bond acceptors (Lipinski definition) is 4. The Hall–Kier alpha value is -2.88. The highest BCUT2D eigenvalue weighted by Gasteiger charge is 1.95. The Morgan fingerprint density at radius 2 is 0.906 bits per heavy atom. The summed E-state index contributed by atoms with van der Waals surface area (Å²) in [5, 5.41) is 0. The van der Waals surface area contributed by atoms with Crippen molar-refractivity contribution in [1.29, 1.82) is 0 Å². The van der Waals surface area contributed by atoms with Crippen molar-refractivity contribution in [2.75, 3.05) is 0 Å². The quantitative estimate of drug-likeness (QED) is 0.363. The second kappa shape index (κ2) is 28.1. The van der Waals surface area contributed by atoms with Crippen LogP contribution in [0.25, 0.3) is 0 Å². The molecule has 0 aliphatic carbocycles. The van der Waals surface area contributed by atoms with Crippen LogP contribution in [0.15, 0.2) is 60.7 Å². The van der Waals surface area contributed by atoms with Crippen molar-refractivity contribution in [2.24, 2.45) is 0 Å². The largest absolute Gasteiger partial charge is 0.300 e. The van der Waals surface area contributed by atoms with Crippen LogP contribution in [0.3, 0.4) is 0 Å². The molecular formula is C28H44O4. The van der Waals surface area contributed by atoms with Crippen molar-refractivity contribution in [2.45, 2.75) is 82.1 Å². The molecule has 0 bridgehead atoms. The van der Waals surface area contributed by atoms with E-state index in [9.17, 15) is 19.2 Å². The molecule has 0 saturated carbocycles. The Bertz CT molecular complexity index is 689. The average Bonchev–Trinajstić information content (AvgIpc) is 2.71. The van der Waals surface area contributed by atoms with Crippen LogP contribution in [0.5, 0.6) is 0 Å². The maximum atomic E-state index is 10.6. The molecule has 4 nitrogen and oxygen atoms in total. The first-order valence-corrected chi connectivity index (χ1v) is 11.0. The van der Waals surface area contributed by atoms with Crippen molar-refractivity contribution < 1.29 is 19.2 Å². The van der Waals surface area contributed by atoms with Gasteiger partial charge in [0.1, 0.15) is 17.3 Å². The van der Waals surface area contributed by atoms with Crippen LogP contribution in [0.4, 0.5) is 0 Å². The van der Waals surface area contributed by atoms with Crippen LogP contribution in [0, 0.1) is 6.92 Å². The average molecular weight is 445 g/mol. The number of benzene rings is 2. The zero-order chi connectivity index (χ0) is 25.9. The summed E-state index contributed by atoms with van der Waals surface area (Å²) in [5.41, 5.74) is 2.10. The van der Waals surface area contributed by atoms with Crippen LogP contribution < -0.4 is 0 Å². The minimum absolute atomic E-state index is 0.0625. The summed E-state index contributed by atoms with van der Waals surface area (Å²) >= 11 is 0. The monoisotopic (exact) mass is 444 g/mol. The molecule has 0 heterocycles. The Kier molecular flexibility index (Phi) is 32.1. The van der Waals surface area contributed by atoms with Gasteiger partial charge in [0, 0.05) is 5.56 Å². The lowest BCUT2D eigenvalue weighted by atomic mass is 10.2. The van der Waals surface area contributed by atoms with Gasteiger partial charge < -0.3 is 4.79 Å². The third-order valence-electron chi connectivity index (χ3n) is 2.62. The molecule has 2 rings (SSSR count). The van der Waals surface area contributed by atoms with Crippen molar-refractivity contribution in [3.63, 3.8) is 0 Å². The van der Waals surface area contributed by atoms with Crippen molar-refractivity contribution >= 4 is 23.1 Å². The van der Waals surface area contributed by atoms with Crippen LogP contribution in [-0.2, 0) is 14.4 Å². The first kappa shape index (κ1) is 36.5. The fourth-order valence-corrected chi connectivity index (χ4v) is 1.56. The maximum Gasteiger partial charge on any atom is 0.159 e. The molecule has 0 N–H and O–H groups in total. The Balaban J connectivity index is -0.000000157. The van der Waals surface area contributed by atoms with Crippen LogP contribution >= 0.6 is 0 Å². The molecule has 0 fully saturated rings. The molecule has 0 amide bonds. The van der Waals surface area contributed by atoms with E-state index in [0.29, 0.717) is 0 Å². The lowest BCUT2D eigenvalue weighted by molar-refractivity contribution is -0.124. The number of rotatable bonds is 3. The zero-order valence-corrected chi connectivity index (χ0v) is 21.8. The smallest absolute Gasteiger partial charge is 0.159 e. The van der Waals surface area contributed by atoms with E-state index in [-0.39, 0.29) is 29.6 Å². The van der Waals surface area contributed by atoms with Gasteiger partial charge in [-0.05, 0) is 41.5 Å². The molecule has 0 atom stereocenters. The summed E-state index contributed by atoms with van der Waals surface area (Å²) < 4.78 is 0. The van der Waals surface area contributed by atoms with E-state index in [4.69, 9.17) is 0 Å². The highest BCUT2D eigenvalue weighted by atomic mass is 16.1. The minimum Gasteiger partial charge on any atom is -0.300 e. The van der Waals surface area contributed by atoms with Gasteiger partial charge in [-0.3, -0.25) is 14.4 Å². The first-order valence-electron chi connectivity index (χ1n) is 11.0. The summed E-state index contributed by atoms with van der Waals surface area (Å²) in [6.07, 6.45) is 1.33. The molecule has 0 radical (unpaired) electrons. The third kappa shape index (κ3) is 41.5. The number of aryl methyl sites for hydroxylation is 1. The maximum absolute atomic E-state index is 10.6. The molecular weight excluding hydrogens is 400 g/mol. The molecule has 180 valence electrons. The molecule has 4 heteroatoms. The molecule has 0 aliphatic rings. The molecule has 0 aliphatic heterocycles. The van der Waals surface area contributed by atoms with Crippen LogP contribution in [-0.4, -0.2) is 23.1 Å². The van der Waals surface area contributed by atoms with Gasteiger partial charge in [-0.2, -0.15) is 0 Å². The normalized spacial score (nSPS) is 7.81. The summed E-state index contributed by atoms with van der Waals surface area (Å²) in [5.74, 6) is 0.163. The van der Waals surface area contributed by atoms with Crippen LogP contribution in [0.1, 0.15) is 91.1 Å². The molecule has 0 unspecified atom stereocenters. The van der Waals surface area contributed by atoms with Crippen LogP contribution in [0.2, 0.25) is 0 Å². The van der Waals surface area contributed by atoms with E-state index in [1.54, 1.807) is 6.92 Å². The van der Waals surface area contributed by atoms with E-state index >= 15 is 0 Å². The summed E-state index contributed by atoms with van der Waals surface area (Å²) in [7, 11) is 0. The Labute approximate surface area is 196 Å². The second-order valence-corrected chi connectivity index (χ2v) is 6.77. The standard InChI is InChI=1S/C8H8O.C7H8.C5H8O2.C3H6O.C3H8.C2H6/c1-7(9)8-5-3-2-4-6-8;1-7-5-3-2-4-6-7;1-4(6)3-5(2)7;1-3(2)4;1-3-2;1-2/h2-6H,1H3;2-6H,1H3;3H2,1-2H3;1-2H3;3H2,1-2H3;1-2H3. The van der Waals surface area contributed by atoms with Crippen molar-refractivity contribution in [3.05, 3.63) is 71.8 Å². The SMILES string of the molecule is CC.CC(=O)CC(C)=O.CC(=O)c1ccccc1.CC(C)=O.CCC.Cc1ccccc1. The fraction of sp³-hybridized carbons (Fsp3) is 0.429. The number of ketones is 4. The van der Waals surface area contributed by atoms with Gasteiger partial charge in [0.25, 0.3) is 0 Å². The van der Waals surface area contributed by atoms with Gasteiger partial charge in [-0.1, -0.05) is 100 Å². The minimum atomic E-state index is -0.0625. The zero-order valence-electron chi connectivity index (χ0n) is 21.8. The molecule has 32 heavy (non-hydrogen) atoms. The summed E-state index contributed by atoms with van der Waals surface area (Å²) in [6, 6.07) is 19.5. The topological polar surface area (TPSA) is 68.3 Å². The van der Waals surface area contributed by atoms with E-state index in [0.717, 1.165) is 5.56 Å². The van der Waals surface area contributed by atoms with Gasteiger partial charge >= 0.3 is 0 Å². The van der Waals surface area contributed by atoms with E-state index in [1.807, 2.05) is 62.4 Å². The third-order valence-corrected chi connectivity index (χ3v) is 2.62.